The monoisotopic (exact) mass is 225 g/mol. The second kappa shape index (κ2) is 3.59. The molecule has 0 spiro atoms. The average molecular weight is 225 g/mol. The maximum Gasteiger partial charge on any atom is 0.250 e. The van der Waals surface area contributed by atoms with Crippen molar-refractivity contribution in [3.63, 3.8) is 0 Å². The fourth-order valence-electron chi connectivity index (χ4n) is 2.79. The fraction of sp³-hybridized carbons (Fsp3) is 0.267. The molecule has 1 aliphatic rings. The molecule has 2 aromatic rings. The number of benzene rings is 1. The molecular formula is C15H15NO. The summed E-state index contributed by atoms with van der Waals surface area (Å²) in [6, 6.07) is 16.0. The lowest BCUT2D eigenvalue weighted by Gasteiger charge is -2.24. The van der Waals surface area contributed by atoms with Gasteiger partial charge >= 0.3 is 0 Å². The van der Waals surface area contributed by atoms with Crippen molar-refractivity contribution in [3.8, 4) is 0 Å². The third-order valence-electron chi connectivity index (χ3n) is 3.86. The molecule has 0 amide bonds. The minimum atomic E-state index is -0.0261. The van der Waals surface area contributed by atoms with E-state index in [2.05, 4.69) is 37.3 Å². The van der Waals surface area contributed by atoms with Gasteiger partial charge in [-0.1, -0.05) is 36.4 Å². The van der Waals surface area contributed by atoms with Gasteiger partial charge in [-0.3, -0.25) is 4.79 Å². The Balaban J connectivity index is 2.21. The van der Waals surface area contributed by atoms with E-state index in [1.807, 2.05) is 16.7 Å². The summed E-state index contributed by atoms with van der Waals surface area (Å²) >= 11 is 0. The molecule has 0 saturated heterocycles. The molecule has 1 aliphatic heterocycles. The highest BCUT2D eigenvalue weighted by Crippen LogP contribution is 2.39. The summed E-state index contributed by atoms with van der Waals surface area (Å²) in [5.74, 6) is 0. The van der Waals surface area contributed by atoms with Crippen LogP contribution in [0.5, 0.6) is 0 Å². The van der Waals surface area contributed by atoms with E-state index < -0.39 is 0 Å². The number of pyridine rings is 1. The van der Waals surface area contributed by atoms with Crippen LogP contribution in [-0.2, 0) is 12.0 Å². The number of hydrogen-bond donors (Lipinski definition) is 0. The molecule has 3 rings (SSSR count). The summed E-state index contributed by atoms with van der Waals surface area (Å²) in [5, 5.41) is 0. The molecule has 1 aromatic heterocycles. The number of aromatic nitrogens is 1. The molecule has 2 heterocycles. The van der Waals surface area contributed by atoms with Crippen molar-refractivity contribution in [1.29, 1.82) is 0 Å². The number of hydrogen-bond acceptors (Lipinski definition) is 1. The highest BCUT2D eigenvalue weighted by atomic mass is 16.1. The van der Waals surface area contributed by atoms with Crippen LogP contribution in [0.1, 0.15) is 24.6 Å². The second-order valence-electron chi connectivity index (χ2n) is 4.85. The zero-order valence-electron chi connectivity index (χ0n) is 9.89. The van der Waals surface area contributed by atoms with Crippen molar-refractivity contribution in [3.05, 3.63) is 70.1 Å². The smallest absolute Gasteiger partial charge is 0.250 e. The Morgan fingerprint density at radius 2 is 1.82 bits per heavy atom. The molecule has 1 aromatic carbocycles. The van der Waals surface area contributed by atoms with Crippen LogP contribution in [0.2, 0.25) is 0 Å². The predicted molar refractivity (Wildman–Crippen MR) is 68.2 cm³/mol. The van der Waals surface area contributed by atoms with Crippen LogP contribution in [0.3, 0.4) is 0 Å². The minimum absolute atomic E-state index is 0.0261. The standard InChI is InChI=1S/C15H15NO/c1-15(12-6-3-2-4-7-12)10-11-16-13(15)8-5-9-14(16)17/h2-9H,10-11H2,1H3. The maximum absolute atomic E-state index is 11.8. The summed E-state index contributed by atoms with van der Waals surface area (Å²) in [6.45, 7) is 3.04. The summed E-state index contributed by atoms with van der Waals surface area (Å²) in [6.07, 6.45) is 0.996. The van der Waals surface area contributed by atoms with Gasteiger partial charge in [0.15, 0.2) is 0 Å². The highest BCUT2D eigenvalue weighted by molar-refractivity contribution is 5.37. The van der Waals surface area contributed by atoms with Crippen LogP contribution >= 0.6 is 0 Å². The molecule has 2 heteroatoms. The molecule has 1 unspecified atom stereocenters. The number of fused-ring (bicyclic) bond motifs is 1. The Bertz CT molecular complexity index is 600. The van der Waals surface area contributed by atoms with Crippen LogP contribution in [0.15, 0.2) is 53.3 Å². The van der Waals surface area contributed by atoms with E-state index in [-0.39, 0.29) is 11.0 Å². The lowest BCUT2D eigenvalue weighted by atomic mass is 9.78. The van der Waals surface area contributed by atoms with E-state index >= 15 is 0 Å². The molecule has 86 valence electrons. The molecule has 0 N–H and O–H groups in total. The predicted octanol–water partition coefficient (Wildman–Crippen LogP) is 2.56. The van der Waals surface area contributed by atoms with Gasteiger partial charge in [-0.15, -0.1) is 0 Å². The van der Waals surface area contributed by atoms with Gasteiger partial charge in [-0.05, 0) is 25.0 Å². The zero-order valence-corrected chi connectivity index (χ0v) is 9.89. The van der Waals surface area contributed by atoms with Gasteiger partial charge in [0.2, 0.25) is 0 Å². The fourth-order valence-corrected chi connectivity index (χ4v) is 2.79. The first-order chi connectivity index (χ1) is 8.22. The molecule has 2 nitrogen and oxygen atoms in total. The van der Waals surface area contributed by atoms with Crippen molar-refractivity contribution >= 4 is 0 Å². The van der Waals surface area contributed by atoms with E-state index in [0.29, 0.717) is 0 Å². The van der Waals surface area contributed by atoms with Gasteiger partial charge in [-0.2, -0.15) is 0 Å². The molecule has 0 aliphatic carbocycles. The van der Waals surface area contributed by atoms with Gasteiger partial charge in [0, 0.05) is 23.7 Å². The molecule has 17 heavy (non-hydrogen) atoms. The van der Waals surface area contributed by atoms with Crippen molar-refractivity contribution in [2.24, 2.45) is 0 Å². The van der Waals surface area contributed by atoms with Crippen molar-refractivity contribution < 1.29 is 0 Å². The molecule has 0 fully saturated rings. The van der Waals surface area contributed by atoms with Crippen LogP contribution < -0.4 is 5.56 Å². The first-order valence-corrected chi connectivity index (χ1v) is 5.98. The minimum Gasteiger partial charge on any atom is -0.312 e. The van der Waals surface area contributed by atoms with Crippen LogP contribution in [0.4, 0.5) is 0 Å². The second-order valence-corrected chi connectivity index (χ2v) is 4.85. The van der Waals surface area contributed by atoms with E-state index in [1.165, 1.54) is 5.56 Å². The van der Waals surface area contributed by atoms with Crippen LogP contribution in [0, 0.1) is 0 Å². The van der Waals surface area contributed by atoms with Gasteiger partial charge in [0.25, 0.3) is 5.56 Å². The Morgan fingerprint density at radius 3 is 2.59 bits per heavy atom. The zero-order chi connectivity index (χ0) is 11.9. The first kappa shape index (κ1) is 10.3. The molecule has 1 atom stereocenters. The molecule has 0 radical (unpaired) electrons. The largest absolute Gasteiger partial charge is 0.312 e. The number of nitrogens with zero attached hydrogens (tertiary/aromatic N) is 1. The summed E-state index contributed by atoms with van der Waals surface area (Å²) in [5.41, 5.74) is 2.51. The SMILES string of the molecule is CC1(c2ccccc2)CCn2c1cccc2=O. The topological polar surface area (TPSA) is 22.0 Å². The summed E-state index contributed by atoms with van der Waals surface area (Å²) in [4.78, 5) is 11.8. The van der Waals surface area contributed by atoms with Gasteiger partial charge in [0.1, 0.15) is 0 Å². The van der Waals surface area contributed by atoms with E-state index in [1.54, 1.807) is 6.07 Å². The normalized spacial score (nSPS) is 22.4. The lowest BCUT2D eigenvalue weighted by Crippen LogP contribution is -2.24. The lowest BCUT2D eigenvalue weighted by molar-refractivity contribution is 0.563. The van der Waals surface area contributed by atoms with Gasteiger partial charge in [-0.25, -0.2) is 0 Å². The van der Waals surface area contributed by atoms with Gasteiger partial charge in [0.05, 0.1) is 0 Å². The Kier molecular flexibility index (Phi) is 2.18. The quantitative estimate of drug-likeness (QED) is 0.731. The Hall–Kier alpha value is -1.83. The molecular weight excluding hydrogens is 210 g/mol. The molecule has 0 saturated carbocycles. The third kappa shape index (κ3) is 1.44. The van der Waals surface area contributed by atoms with Crippen LogP contribution in [0.25, 0.3) is 0 Å². The van der Waals surface area contributed by atoms with Gasteiger partial charge < -0.3 is 4.57 Å². The molecule has 0 bridgehead atoms. The number of rotatable bonds is 1. The Labute approximate surface area is 101 Å². The maximum atomic E-state index is 11.8. The Morgan fingerprint density at radius 1 is 1.06 bits per heavy atom. The summed E-state index contributed by atoms with van der Waals surface area (Å²) in [7, 11) is 0. The van der Waals surface area contributed by atoms with E-state index in [4.69, 9.17) is 0 Å². The first-order valence-electron chi connectivity index (χ1n) is 5.98. The van der Waals surface area contributed by atoms with E-state index in [9.17, 15) is 4.79 Å². The third-order valence-corrected chi connectivity index (χ3v) is 3.86. The highest BCUT2D eigenvalue weighted by Gasteiger charge is 2.36. The van der Waals surface area contributed by atoms with Crippen molar-refractivity contribution in [2.75, 3.05) is 0 Å². The van der Waals surface area contributed by atoms with Crippen LogP contribution in [-0.4, -0.2) is 4.57 Å². The summed E-state index contributed by atoms with van der Waals surface area (Å²) < 4.78 is 1.90. The average Bonchev–Trinajstić information content (AvgIpc) is 2.72. The van der Waals surface area contributed by atoms with Crippen molar-refractivity contribution in [1.82, 2.24) is 4.57 Å². The van der Waals surface area contributed by atoms with Crippen molar-refractivity contribution in [2.45, 2.75) is 25.3 Å². The van der Waals surface area contributed by atoms with E-state index in [0.717, 1.165) is 18.7 Å².